The summed E-state index contributed by atoms with van der Waals surface area (Å²) in [6.45, 7) is 4.55. The number of nitrogens with one attached hydrogen (secondary N) is 2. The zero-order valence-corrected chi connectivity index (χ0v) is 12.8. The molecule has 0 saturated carbocycles. The molecular formula is C18H19N3O. The van der Waals surface area contributed by atoms with Crippen LogP contribution in [0.4, 0.5) is 0 Å². The monoisotopic (exact) mass is 293 g/mol. The summed E-state index contributed by atoms with van der Waals surface area (Å²) in [7, 11) is 0. The van der Waals surface area contributed by atoms with Gasteiger partial charge in [-0.1, -0.05) is 23.8 Å². The molecule has 1 heterocycles. The van der Waals surface area contributed by atoms with E-state index in [9.17, 15) is 4.79 Å². The number of nitrogens with zero attached hydrogens (tertiary/aromatic N) is 1. The van der Waals surface area contributed by atoms with E-state index in [0.717, 1.165) is 28.8 Å². The molecular weight excluding hydrogens is 274 g/mol. The zero-order chi connectivity index (χ0) is 15.5. The van der Waals surface area contributed by atoms with Crippen molar-refractivity contribution in [3.8, 4) is 0 Å². The lowest BCUT2D eigenvalue weighted by Crippen LogP contribution is -2.25. The molecule has 0 aliphatic rings. The minimum absolute atomic E-state index is 0.0258. The lowest BCUT2D eigenvalue weighted by Gasteiger charge is -2.06. The molecule has 2 N–H and O–H groups in total. The SMILES string of the molecule is Cc1cccc(C(=O)NCCc2ccc3nc(C)[nH]c3c2)c1. The van der Waals surface area contributed by atoms with Crippen molar-refractivity contribution in [1.29, 1.82) is 0 Å². The normalized spacial score (nSPS) is 10.8. The Morgan fingerprint density at radius 2 is 2.05 bits per heavy atom. The van der Waals surface area contributed by atoms with Crippen LogP contribution in [0.2, 0.25) is 0 Å². The van der Waals surface area contributed by atoms with Gasteiger partial charge in [-0.3, -0.25) is 4.79 Å². The maximum absolute atomic E-state index is 12.1. The van der Waals surface area contributed by atoms with E-state index in [4.69, 9.17) is 0 Å². The predicted octanol–water partition coefficient (Wildman–Crippen LogP) is 3.15. The highest BCUT2D eigenvalue weighted by molar-refractivity contribution is 5.94. The van der Waals surface area contributed by atoms with E-state index < -0.39 is 0 Å². The minimum atomic E-state index is -0.0258. The number of benzene rings is 2. The van der Waals surface area contributed by atoms with E-state index in [0.29, 0.717) is 12.1 Å². The van der Waals surface area contributed by atoms with Crippen molar-refractivity contribution in [1.82, 2.24) is 15.3 Å². The molecule has 4 nitrogen and oxygen atoms in total. The third-order valence-corrected chi connectivity index (χ3v) is 3.64. The van der Waals surface area contributed by atoms with Gasteiger partial charge in [-0.2, -0.15) is 0 Å². The Hall–Kier alpha value is -2.62. The number of carbonyl (C=O) groups is 1. The number of carbonyl (C=O) groups excluding carboxylic acids is 1. The van der Waals surface area contributed by atoms with Gasteiger partial charge in [0, 0.05) is 12.1 Å². The Morgan fingerprint density at radius 1 is 1.18 bits per heavy atom. The molecule has 0 radical (unpaired) electrons. The van der Waals surface area contributed by atoms with E-state index in [1.807, 2.05) is 44.2 Å². The van der Waals surface area contributed by atoms with Crippen molar-refractivity contribution in [3.05, 3.63) is 65.0 Å². The molecule has 1 aromatic heterocycles. The first-order valence-corrected chi connectivity index (χ1v) is 7.42. The molecule has 0 bridgehead atoms. The second-order valence-electron chi connectivity index (χ2n) is 5.55. The topological polar surface area (TPSA) is 57.8 Å². The van der Waals surface area contributed by atoms with E-state index in [1.54, 1.807) is 0 Å². The van der Waals surface area contributed by atoms with Gasteiger partial charge in [-0.25, -0.2) is 4.98 Å². The molecule has 1 amide bonds. The molecule has 2 aromatic carbocycles. The molecule has 0 spiro atoms. The number of hydrogen-bond acceptors (Lipinski definition) is 2. The van der Waals surface area contributed by atoms with Crippen molar-refractivity contribution < 1.29 is 4.79 Å². The number of amides is 1. The molecule has 0 atom stereocenters. The summed E-state index contributed by atoms with van der Waals surface area (Å²) < 4.78 is 0. The average molecular weight is 293 g/mol. The first kappa shape index (κ1) is 14.3. The van der Waals surface area contributed by atoms with E-state index in [1.165, 1.54) is 5.56 Å². The predicted molar refractivity (Wildman–Crippen MR) is 88.0 cm³/mol. The van der Waals surface area contributed by atoms with Gasteiger partial charge in [0.1, 0.15) is 5.82 Å². The molecule has 0 saturated heterocycles. The highest BCUT2D eigenvalue weighted by Crippen LogP contribution is 2.13. The van der Waals surface area contributed by atoms with Gasteiger partial charge in [0.15, 0.2) is 0 Å². The summed E-state index contributed by atoms with van der Waals surface area (Å²) in [5, 5.41) is 2.96. The summed E-state index contributed by atoms with van der Waals surface area (Å²) in [5.41, 5.74) is 5.00. The lowest BCUT2D eigenvalue weighted by atomic mass is 10.1. The summed E-state index contributed by atoms with van der Waals surface area (Å²) in [6.07, 6.45) is 0.797. The quantitative estimate of drug-likeness (QED) is 0.776. The van der Waals surface area contributed by atoms with Crippen LogP contribution in [0.3, 0.4) is 0 Å². The molecule has 3 aromatic rings. The molecule has 0 aliphatic carbocycles. The van der Waals surface area contributed by atoms with E-state index in [-0.39, 0.29) is 5.91 Å². The largest absolute Gasteiger partial charge is 0.352 e. The van der Waals surface area contributed by atoms with Crippen LogP contribution < -0.4 is 5.32 Å². The Balaban J connectivity index is 1.60. The Kier molecular flexibility index (Phi) is 3.92. The molecule has 22 heavy (non-hydrogen) atoms. The molecule has 3 rings (SSSR count). The van der Waals surface area contributed by atoms with Crippen LogP contribution in [0.25, 0.3) is 11.0 Å². The van der Waals surface area contributed by atoms with Gasteiger partial charge in [-0.15, -0.1) is 0 Å². The van der Waals surface area contributed by atoms with Gasteiger partial charge in [0.05, 0.1) is 11.0 Å². The highest BCUT2D eigenvalue weighted by atomic mass is 16.1. The van der Waals surface area contributed by atoms with Gasteiger partial charge in [0.25, 0.3) is 5.91 Å². The Labute approximate surface area is 129 Å². The lowest BCUT2D eigenvalue weighted by molar-refractivity contribution is 0.0954. The summed E-state index contributed by atoms with van der Waals surface area (Å²) in [5.74, 6) is 0.891. The van der Waals surface area contributed by atoms with Crippen LogP contribution in [0.1, 0.15) is 27.3 Å². The molecule has 0 unspecified atom stereocenters. The van der Waals surface area contributed by atoms with Gasteiger partial charge < -0.3 is 10.3 Å². The van der Waals surface area contributed by atoms with Crippen molar-refractivity contribution in [2.45, 2.75) is 20.3 Å². The molecule has 0 aliphatic heterocycles. The van der Waals surface area contributed by atoms with Gasteiger partial charge >= 0.3 is 0 Å². The number of aryl methyl sites for hydroxylation is 2. The minimum Gasteiger partial charge on any atom is -0.352 e. The molecule has 0 fully saturated rings. The van der Waals surface area contributed by atoms with Crippen LogP contribution in [0.15, 0.2) is 42.5 Å². The number of imidazole rings is 1. The number of H-pyrrole nitrogens is 1. The summed E-state index contributed by atoms with van der Waals surface area (Å²) in [4.78, 5) is 19.7. The van der Waals surface area contributed by atoms with Crippen molar-refractivity contribution in [2.24, 2.45) is 0 Å². The van der Waals surface area contributed by atoms with Crippen molar-refractivity contribution in [2.75, 3.05) is 6.54 Å². The molecule has 112 valence electrons. The van der Waals surface area contributed by atoms with Gasteiger partial charge in [0.2, 0.25) is 0 Å². The number of aromatic amines is 1. The van der Waals surface area contributed by atoms with Crippen molar-refractivity contribution in [3.63, 3.8) is 0 Å². The first-order valence-electron chi connectivity index (χ1n) is 7.42. The van der Waals surface area contributed by atoms with Crippen LogP contribution in [0.5, 0.6) is 0 Å². The van der Waals surface area contributed by atoms with Crippen LogP contribution >= 0.6 is 0 Å². The van der Waals surface area contributed by atoms with Crippen LogP contribution in [-0.4, -0.2) is 22.4 Å². The fourth-order valence-electron chi connectivity index (χ4n) is 2.55. The second kappa shape index (κ2) is 6.02. The maximum atomic E-state index is 12.1. The van der Waals surface area contributed by atoms with E-state index in [2.05, 4.69) is 27.4 Å². The summed E-state index contributed by atoms with van der Waals surface area (Å²) >= 11 is 0. The van der Waals surface area contributed by atoms with E-state index >= 15 is 0 Å². The highest BCUT2D eigenvalue weighted by Gasteiger charge is 2.05. The Bertz CT molecular complexity index is 820. The first-order chi connectivity index (χ1) is 10.6. The third kappa shape index (κ3) is 3.17. The van der Waals surface area contributed by atoms with Crippen molar-refractivity contribution >= 4 is 16.9 Å². The number of hydrogen-bond donors (Lipinski definition) is 2. The van der Waals surface area contributed by atoms with Gasteiger partial charge in [-0.05, 0) is 50.1 Å². The molecule has 4 heteroatoms. The fourth-order valence-corrected chi connectivity index (χ4v) is 2.55. The number of fused-ring (bicyclic) bond motifs is 1. The third-order valence-electron chi connectivity index (χ3n) is 3.64. The fraction of sp³-hybridized carbons (Fsp3) is 0.222. The van der Waals surface area contributed by atoms with Crippen LogP contribution in [0, 0.1) is 13.8 Å². The zero-order valence-electron chi connectivity index (χ0n) is 12.8. The number of rotatable bonds is 4. The number of aromatic nitrogens is 2. The van der Waals surface area contributed by atoms with Crippen LogP contribution in [-0.2, 0) is 6.42 Å². The second-order valence-corrected chi connectivity index (χ2v) is 5.55. The summed E-state index contributed by atoms with van der Waals surface area (Å²) in [6, 6.07) is 13.8. The standard InChI is InChI=1S/C18H19N3O/c1-12-4-3-5-15(10-12)18(22)19-9-8-14-6-7-16-17(11-14)21-13(2)20-16/h3-7,10-11H,8-9H2,1-2H3,(H,19,22)(H,20,21). The Morgan fingerprint density at radius 3 is 2.86 bits per heavy atom. The average Bonchev–Trinajstić information content (AvgIpc) is 2.86. The smallest absolute Gasteiger partial charge is 0.251 e. The maximum Gasteiger partial charge on any atom is 0.251 e.